The number of piperidine rings is 1. The van der Waals surface area contributed by atoms with Crippen LogP contribution in [0.3, 0.4) is 0 Å². The van der Waals surface area contributed by atoms with Crippen LogP contribution >= 0.6 is 0 Å². The Morgan fingerprint density at radius 1 is 1.12 bits per heavy atom. The van der Waals surface area contributed by atoms with Crippen LogP contribution in [0.5, 0.6) is 0 Å². The number of rotatable bonds is 2. The van der Waals surface area contributed by atoms with Gasteiger partial charge in [-0.1, -0.05) is 18.2 Å². The lowest BCUT2D eigenvalue weighted by Crippen LogP contribution is -2.40. The Morgan fingerprint density at radius 2 is 1.84 bits per heavy atom. The van der Waals surface area contributed by atoms with Crippen LogP contribution in [-0.2, 0) is 0 Å². The summed E-state index contributed by atoms with van der Waals surface area (Å²) < 4.78 is 1.69. The number of aliphatic hydroxyl groups excluding tert-OH is 1. The van der Waals surface area contributed by atoms with Gasteiger partial charge in [-0.15, -0.1) is 5.10 Å². The first-order valence-electron chi connectivity index (χ1n) is 8.31. The molecule has 0 bridgehead atoms. The minimum Gasteiger partial charge on any atom is -0.393 e. The number of likely N-dealkylation sites (tertiary alicyclic amines) is 1. The zero-order chi connectivity index (χ0) is 17.4. The number of hydrogen-bond donors (Lipinski definition) is 2. The molecule has 3 heterocycles. The van der Waals surface area contributed by atoms with Crippen LogP contribution in [0.2, 0.25) is 0 Å². The lowest BCUT2D eigenvalue weighted by molar-refractivity contribution is 0.0546. The van der Waals surface area contributed by atoms with E-state index in [4.69, 9.17) is 5.73 Å². The average molecular weight is 337 g/mol. The van der Waals surface area contributed by atoms with Crippen LogP contribution in [0.4, 0.5) is 5.95 Å². The number of carbonyl (C=O) groups is 1. The highest BCUT2D eigenvalue weighted by Crippen LogP contribution is 2.22. The minimum atomic E-state index is -0.290. The summed E-state index contributed by atoms with van der Waals surface area (Å²) in [7, 11) is 0. The summed E-state index contributed by atoms with van der Waals surface area (Å²) in [6.45, 7) is 1.19. The first-order chi connectivity index (χ1) is 12.1. The van der Waals surface area contributed by atoms with E-state index in [1.807, 2.05) is 42.5 Å². The number of benzene rings is 1. The van der Waals surface area contributed by atoms with Gasteiger partial charge in [-0.2, -0.15) is 4.98 Å². The first-order valence-corrected chi connectivity index (χ1v) is 8.31. The van der Waals surface area contributed by atoms with Crippen molar-refractivity contribution in [2.24, 2.45) is 0 Å². The van der Waals surface area contributed by atoms with E-state index < -0.39 is 0 Å². The Balaban J connectivity index is 1.60. The molecule has 1 aliphatic rings. The SMILES string of the molecule is Nc1nc2cccc(-c3ccc(C(=O)N4CCC(O)CC4)cc3)n2n1. The Hall–Kier alpha value is -2.93. The largest absolute Gasteiger partial charge is 0.393 e. The van der Waals surface area contributed by atoms with Gasteiger partial charge in [0.15, 0.2) is 5.65 Å². The first kappa shape index (κ1) is 15.6. The number of aromatic nitrogens is 3. The molecule has 0 atom stereocenters. The van der Waals surface area contributed by atoms with Gasteiger partial charge in [0.05, 0.1) is 11.8 Å². The average Bonchev–Trinajstić information content (AvgIpc) is 3.02. The fraction of sp³-hybridized carbons (Fsp3) is 0.278. The van der Waals surface area contributed by atoms with E-state index in [0.29, 0.717) is 37.1 Å². The van der Waals surface area contributed by atoms with Crippen LogP contribution in [0.25, 0.3) is 16.9 Å². The smallest absolute Gasteiger partial charge is 0.253 e. The molecule has 0 spiro atoms. The zero-order valence-electron chi connectivity index (χ0n) is 13.7. The number of carbonyl (C=O) groups excluding carboxylic acids is 1. The van der Waals surface area contributed by atoms with Gasteiger partial charge < -0.3 is 15.7 Å². The number of anilines is 1. The van der Waals surface area contributed by atoms with Gasteiger partial charge in [-0.3, -0.25) is 4.79 Å². The van der Waals surface area contributed by atoms with Crippen LogP contribution in [0.1, 0.15) is 23.2 Å². The van der Waals surface area contributed by atoms with E-state index in [-0.39, 0.29) is 18.0 Å². The number of nitrogens with two attached hydrogens (primary N) is 1. The summed E-state index contributed by atoms with van der Waals surface area (Å²) in [4.78, 5) is 18.5. The molecule has 128 valence electrons. The predicted molar refractivity (Wildman–Crippen MR) is 94.0 cm³/mol. The number of nitrogen functional groups attached to an aromatic ring is 1. The van der Waals surface area contributed by atoms with Crippen molar-refractivity contribution in [3.63, 3.8) is 0 Å². The molecular weight excluding hydrogens is 318 g/mol. The van der Waals surface area contributed by atoms with Gasteiger partial charge in [-0.05, 0) is 37.1 Å². The summed E-state index contributed by atoms with van der Waals surface area (Å²) in [6.07, 6.45) is 0.987. The third-order valence-corrected chi connectivity index (χ3v) is 4.56. The van der Waals surface area contributed by atoms with E-state index in [0.717, 1.165) is 11.3 Å². The molecule has 0 unspecified atom stereocenters. The molecule has 1 saturated heterocycles. The number of aliphatic hydroxyl groups is 1. The normalized spacial score (nSPS) is 15.6. The molecular formula is C18H19N5O2. The molecule has 25 heavy (non-hydrogen) atoms. The number of amides is 1. The van der Waals surface area contributed by atoms with E-state index in [1.54, 1.807) is 9.42 Å². The Labute approximate surface area is 144 Å². The molecule has 0 radical (unpaired) electrons. The molecule has 1 fully saturated rings. The number of nitrogens with zero attached hydrogens (tertiary/aromatic N) is 4. The number of hydrogen-bond acceptors (Lipinski definition) is 5. The summed E-state index contributed by atoms with van der Waals surface area (Å²) in [5, 5.41) is 13.8. The number of pyridine rings is 1. The van der Waals surface area contributed by atoms with E-state index in [9.17, 15) is 9.90 Å². The zero-order valence-corrected chi connectivity index (χ0v) is 13.7. The standard InChI is InChI=1S/C18H19N5O2/c19-18-20-16-3-1-2-15(23(16)21-18)12-4-6-13(7-5-12)17(25)22-10-8-14(24)9-11-22/h1-7,14,24H,8-11H2,(H2,19,21). The summed E-state index contributed by atoms with van der Waals surface area (Å²) in [5.74, 6) is 0.230. The van der Waals surface area contributed by atoms with E-state index >= 15 is 0 Å². The monoisotopic (exact) mass is 337 g/mol. The summed E-state index contributed by atoms with van der Waals surface area (Å²) in [5.41, 5.74) is 8.80. The second-order valence-electron chi connectivity index (χ2n) is 6.25. The molecule has 7 nitrogen and oxygen atoms in total. The van der Waals surface area contributed by atoms with Gasteiger partial charge in [-0.25, -0.2) is 4.52 Å². The fourth-order valence-electron chi connectivity index (χ4n) is 3.18. The molecule has 4 rings (SSSR count). The van der Waals surface area contributed by atoms with Crippen molar-refractivity contribution < 1.29 is 9.90 Å². The maximum absolute atomic E-state index is 12.6. The van der Waals surface area contributed by atoms with E-state index in [2.05, 4.69) is 10.1 Å². The highest BCUT2D eigenvalue weighted by atomic mass is 16.3. The molecule has 0 aliphatic carbocycles. The fourth-order valence-corrected chi connectivity index (χ4v) is 3.18. The van der Waals surface area contributed by atoms with Crippen molar-refractivity contribution in [2.75, 3.05) is 18.8 Å². The van der Waals surface area contributed by atoms with Crippen molar-refractivity contribution in [2.45, 2.75) is 18.9 Å². The Bertz CT molecular complexity index is 911. The lowest BCUT2D eigenvalue weighted by atomic mass is 10.0. The molecule has 3 N–H and O–H groups in total. The summed E-state index contributed by atoms with van der Waals surface area (Å²) >= 11 is 0. The van der Waals surface area contributed by atoms with Crippen molar-refractivity contribution >= 4 is 17.5 Å². The van der Waals surface area contributed by atoms with Crippen LogP contribution < -0.4 is 5.73 Å². The molecule has 3 aromatic rings. The van der Waals surface area contributed by atoms with Gasteiger partial charge in [0.1, 0.15) is 0 Å². The molecule has 1 amide bonds. The van der Waals surface area contributed by atoms with Crippen molar-refractivity contribution in [1.82, 2.24) is 19.5 Å². The minimum absolute atomic E-state index is 0.00154. The molecule has 7 heteroatoms. The van der Waals surface area contributed by atoms with Gasteiger partial charge in [0.25, 0.3) is 5.91 Å². The van der Waals surface area contributed by atoms with Gasteiger partial charge >= 0.3 is 0 Å². The highest BCUT2D eigenvalue weighted by molar-refractivity contribution is 5.94. The van der Waals surface area contributed by atoms with Crippen molar-refractivity contribution in [1.29, 1.82) is 0 Å². The second kappa shape index (κ2) is 6.18. The second-order valence-corrected chi connectivity index (χ2v) is 6.25. The molecule has 2 aromatic heterocycles. The lowest BCUT2D eigenvalue weighted by Gasteiger charge is -2.29. The number of fused-ring (bicyclic) bond motifs is 1. The van der Waals surface area contributed by atoms with Crippen molar-refractivity contribution in [3.05, 3.63) is 48.0 Å². The third kappa shape index (κ3) is 2.94. The highest BCUT2D eigenvalue weighted by Gasteiger charge is 2.22. The third-order valence-electron chi connectivity index (χ3n) is 4.56. The Kier molecular flexibility index (Phi) is 3.85. The molecule has 1 aromatic carbocycles. The maximum atomic E-state index is 12.6. The van der Waals surface area contributed by atoms with Crippen LogP contribution in [-0.4, -0.2) is 49.7 Å². The van der Waals surface area contributed by atoms with Crippen LogP contribution in [0.15, 0.2) is 42.5 Å². The van der Waals surface area contributed by atoms with Crippen LogP contribution in [0, 0.1) is 0 Å². The maximum Gasteiger partial charge on any atom is 0.253 e. The van der Waals surface area contributed by atoms with Gasteiger partial charge in [0, 0.05) is 24.2 Å². The summed E-state index contributed by atoms with van der Waals surface area (Å²) in [6, 6.07) is 13.1. The Morgan fingerprint density at radius 3 is 2.56 bits per heavy atom. The van der Waals surface area contributed by atoms with E-state index in [1.165, 1.54) is 0 Å². The molecule has 0 saturated carbocycles. The quantitative estimate of drug-likeness (QED) is 0.740. The topological polar surface area (TPSA) is 96.8 Å². The molecule has 1 aliphatic heterocycles. The van der Waals surface area contributed by atoms with Crippen molar-refractivity contribution in [3.8, 4) is 11.3 Å². The predicted octanol–water partition coefficient (Wildman–Crippen LogP) is 1.58. The van der Waals surface area contributed by atoms with Gasteiger partial charge in [0.2, 0.25) is 5.95 Å².